The lowest BCUT2D eigenvalue weighted by Gasteiger charge is -2.33. The summed E-state index contributed by atoms with van der Waals surface area (Å²) in [5.74, 6) is -0.0310. The van der Waals surface area contributed by atoms with Crippen LogP contribution in [0.5, 0.6) is 0 Å². The number of nitrogens with zero attached hydrogens (tertiary/aromatic N) is 1. The van der Waals surface area contributed by atoms with E-state index in [9.17, 15) is 18.0 Å². The van der Waals surface area contributed by atoms with Crippen molar-refractivity contribution in [1.29, 1.82) is 0 Å². The number of piperazine rings is 1. The highest BCUT2D eigenvalue weighted by atomic mass is 19.4. The highest BCUT2D eigenvalue weighted by Gasteiger charge is 2.31. The second-order valence-electron chi connectivity index (χ2n) is 7.47. The number of carbonyl (C=O) groups is 1. The van der Waals surface area contributed by atoms with E-state index in [4.69, 9.17) is 0 Å². The molecule has 156 valence electrons. The summed E-state index contributed by atoms with van der Waals surface area (Å²) in [7, 11) is 0. The lowest BCUT2D eigenvalue weighted by Crippen LogP contribution is -3.15. The third kappa shape index (κ3) is 5.29. The second kappa shape index (κ2) is 8.86. The minimum atomic E-state index is -4.34. The molecule has 2 N–H and O–H groups in total. The molecule has 29 heavy (non-hydrogen) atoms. The SMILES string of the molecule is CCc1cccc(C)c1NC(=O)C[NH+]1CCN(c2cccc(C(F)(F)F)c2)CC1. The minimum absolute atomic E-state index is 0.0310. The van der Waals surface area contributed by atoms with E-state index >= 15 is 0 Å². The zero-order valence-corrected chi connectivity index (χ0v) is 16.8. The molecule has 0 saturated carbocycles. The van der Waals surface area contributed by atoms with Crippen molar-refractivity contribution in [2.75, 3.05) is 42.9 Å². The fraction of sp³-hybridized carbons (Fsp3) is 0.409. The summed E-state index contributed by atoms with van der Waals surface area (Å²) in [5.41, 5.74) is 3.00. The van der Waals surface area contributed by atoms with Crippen LogP contribution in [-0.2, 0) is 17.4 Å². The van der Waals surface area contributed by atoms with Crippen molar-refractivity contribution in [3.05, 3.63) is 59.2 Å². The van der Waals surface area contributed by atoms with E-state index < -0.39 is 11.7 Å². The monoisotopic (exact) mass is 406 g/mol. The standard InChI is InChI=1S/C22H26F3N3O/c1-3-17-7-4-6-16(2)21(17)26-20(29)15-27-10-12-28(13-11-27)19-9-5-8-18(14-19)22(23,24)25/h4-9,14H,3,10-13,15H2,1-2H3,(H,26,29)/p+1. The van der Waals surface area contributed by atoms with E-state index in [0.29, 0.717) is 38.4 Å². The first kappa shape index (κ1) is 21.2. The van der Waals surface area contributed by atoms with Gasteiger partial charge in [-0.3, -0.25) is 4.79 Å². The molecule has 0 bridgehead atoms. The van der Waals surface area contributed by atoms with Gasteiger partial charge >= 0.3 is 6.18 Å². The Balaban J connectivity index is 1.56. The Labute approximate surface area is 169 Å². The number of hydrogen-bond donors (Lipinski definition) is 2. The Morgan fingerprint density at radius 1 is 1.14 bits per heavy atom. The van der Waals surface area contributed by atoms with Crippen molar-refractivity contribution in [3.8, 4) is 0 Å². The molecule has 7 heteroatoms. The number of carbonyl (C=O) groups excluding carboxylic acids is 1. The van der Waals surface area contributed by atoms with Crippen molar-refractivity contribution in [2.24, 2.45) is 0 Å². The molecule has 0 aromatic heterocycles. The molecule has 2 aromatic rings. The normalized spacial score (nSPS) is 15.4. The molecule has 1 aliphatic rings. The van der Waals surface area contributed by atoms with Gasteiger partial charge in [-0.25, -0.2) is 0 Å². The van der Waals surface area contributed by atoms with E-state index in [1.807, 2.05) is 30.0 Å². The average Bonchev–Trinajstić information content (AvgIpc) is 2.69. The molecule has 0 aliphatic carbocycles. The van der Waals surface area contributed by atoms with Gasteiger partial charge in [0.15, 0.2) is 6.54 Å². The summed E-state index contributed by atoms with van der Waals surface area (Å²) in [5, 5.41) is 3.05. The molecule has 1 saturated heterocycles. The summed E-state index contributed by atoms with van der Waals surface area (Å²) in [6.07, 6.45) is -3.49. The molecule has 0 atom stereocenters. The number of rotatable bonds is 5. The Kier molecular flexibility index (Phi) is 6.47. The smallest absolute Gasteiger partial charge is 0.360 e. The lowest BCUT2D eigenvalue weighted by atomic mass is 10.1. The van der Waals surface area contributed by atoms with Gasteiger partial charge in [0.05, 0.1) is 31.7 Å². The highest BCUT2D eigenvalue weighted by Crippen LogP contribution is 2.31. The first-order valence-corrected chi connectivity index (χ1v) is 9.92. The number of halogens is 3. The van der Waals surface area contributed by atoms with E-state index in [1.54, 1.807) is 6.07 Å². The first-order valence-electron chi connectivity index (χ1n) is 9.92. The van der Waals surface area contributed by atoms with E-state index in [0.717, 1.165) is 34.2 Å². The molecular formula is C22H27F3N3O+. The predicted octanol–water partition coefficient (Wildman–Crippen LogP) is 2.92. The quantitative estimate of drug-likeness (QED) is 0.801. The van der Waals surface area contributed by atoms with Gasteiger partial charge in [0.25, 0.3) is 5.91 Å². The molecule has 1 heterocycles. The highest BCUT2D eigenvalue weighted by molar-refractivity contribution is 5.93. The van der Waals surface area contributed by atoms with Crippen molar-refractivity contribution in [3.63, 3.8) is 0 Å². The van der Waals surface area contributed by atoms with Crippen molar-refractivity contribution in [2.45, 2.75) is 26.4 Å². The van der Waals surface area contributed by atoms with Gasteiger partial charge in [0.1, 0.15) is 0 Å². The van der Waals surface area contributed by atoms with Gasteiger partial charge in [0.2, 0.25) is 0 Å². The van der Waals surface area contributed by atoms with Crippen LogP contribution in [0.4, 0.5) is 24.5 Å². The second-order valence-corrected chi connectivity index (χ2v) is 7.47. The van der Waals surface area contributed by atoms with Crippen molar-refractivity contribution in [1.82, 2.24) is 0 Å². The summed E-state index contributed by atoms with van der Waals surface area (Å²) in [6.45, 7) is 7.05. The minimum Gasteiger partial charge on any atom is -0.360 e. The number of benzene rings is 2. The largest absolute Gasteiger partial charge is 0.416 e. The van der Waals surface area contributed by atoms with Crippen molar-refractivity contribution >= 4 is 17.3 Å². The third-order valence-corrected chi connectivity index (χ3v) is 5.42. The van der Waals surface area contributed by atoms with Crippen LogP contribution in [0.25, 0.3) is 0 Å². The van der Waals surface area contributed by atoms with Gasteiger partial charge in [-0.15, -0.1) is 0 Å². The Bertz CT molecular complexity index is 859. The molecule has 0 spiro atoms. The molecular weight excluding hydrogens is 379 g/mol. The number of para-hydroxylation sites is 1. The zero-order chi connectivity index (χ0) is 21.0. The van der Waals surface area contributed by atoms with Gasteiger partial charge in [0, 0.05) is 11.4 Å². The van der Waals surface area contributed by atoms with Crippen LogP contribution in [0, 0.1) is 6.92 Å². The van der Waals surface area contributed by atoms with Gasteiger partial charge in [-0.1, -0.05) is 31.2 Å². The van der Waals surface area contributed by atoms with Crippen LogP contribution < -0.4 is 15.1 Å². The molecule has 3 rings (SSSR count). The van der Waals surface area contributed by atoms with Crippen LogP contribution in [0.15, 0.2) is 42.5 Å². The fourth-order valence-corrected chi connectivity index (χ4v) is 3.75. The molecule has 2 aromatic carbocycles. The fourth-order valence-electron chi connectivity index (χ4n) is 3.75. The molecule has 1 amide bonds. The molecule has 4 nitrogen and oxygen atoms in total. The van der Waals surface area contributed by atoms with E-state index in [2.05, 4.69) is 12.2 Å². The predicted molar refractivity (Wildman–Crippen MR) is 108 cm³/mol. The zero-order valence-electron chi connectivity index (χ0n) is 16.8. The summed E-state index contributed by atoms with van der Waals surface area (Å²) in [6, 6.07) is 11.4. The maximum absolute atomic E-state index is 12.9. The summed E-state index contributed by atoms with van der Waals surface area (Å²) >= 11 is 0. The van der Waals surface area contributed by atoms with Gasteiger partial charge in [-0.05, 0) is 42.7 Å². The number of alkyl halides is 3. The molecule has 1 aliphatic heterocycles. The van der Waals surface area contributed by atoms with E-state index in [-0.39, 0.29) is 5.91 Å². The first-order chi connectivity index (χ1) is 13.8. The number of anilines is 2. The molecule has 1 fully saturated rings. The Hall–Kier alpha value is -2.54. The summed E-state index contributed by atoms with van der Waals surface area (Å²) < 4.78 is 38.8. The maximum Gasteiger partial charge on any atom is 0.416 e. The molecule has 0 radical (unpaired) electrons. The number of amides is 1. The van der Waals surface area contributed by atoms with Crippen LogP contribution in [0.2, 0.25) is 0 Å². The van der Waals surface area contributed by atoms with Crippen LogP contribution in [0.1, 0.15) is 23.6 Å². The van der Waals surface area contributed by atoms with Gasteiger partial charge < -0.3 is 15.1 Å². The van der Waals surface area contributed by atoms with E-state index in [1.165, 1.54) is 12.1 Å². The maximum atomic E-state index is 12.9. The molecule has 0 unspecified atom stereocenters. The Morgan fingerprint density at radius 2 is 1.83 bits per heavy atom. The topological polar surface area (TPSA) is 36.8 Å². The van der Waals surface area contributed by atoms with Crippen molar-refractivity contribution < 1.29 is 22.9 Å². The summed E-state index contributed by atoms with van der Waals surface area (Å²) in [4.78, 5) is 15.6. The van der Waals surface area contributed by atoms with Crippen LogP contribution in [-0.4, -0.2) is 38.6 Å². The van der Waals surface area contributed by atoms with Crippen LogP contribution >= 0.6 is 0 Å². The Morgan fingerprint density at radius 3 is 2.48 bits per heavy atom. The average molecular weight is 406 g/mol. The van der Waals surface area contributed by atoms with Crippen LogP contribution in [0.3, 0.4) is 0 Å². The number of quaternary nitrogens is 1. The number of hydrogen-bond acceptors (Lipinski definition) is 2. The third-order valence-electron chi connectivity index (χ3n) is 5.42. The van der Waals surface area contributed by atoms with Gasteiger partial charge in [-0.2, -0.15) is 13.2 Å². The number of aryl methyl sites for hydroxylation is 2. The lowest BCUT2D eigenvalue weighted by molar-refractivity contribution is -0.892. The number of nitrogens with one attached hydrogen (secondary N) is 2.